The van der Waals surface area contributed by atoms with E-state index in [0.29, 0.717) is 17.8 Å². The summed E-state index contributed by atoms with van der Waals surface area (Å²) in [6.07, 6.45) is 6.30. The van der Waals surface area contributed by atoms with Gasteiger partial charge in [0.2, 0.25) is 5.24 Å². The number of halogens is 1. The van der Waals surface area contributed by atoms with Crippen LogP contribution >= 0.6 is 11.6 Å². The van der Waals surface area contributed by atoms with E-state index in [2.05, 4.69) is 33.8 Å². The van der Waals surface area contributed by atoms with Crippen molar-refractivity contribution in [2.24, 2.45) is 29.1 Å². The summed E-state index contributed by atoms with van der Waals surface area (Å²) in [6, 6.07) is 0. The van der Waals surface area contributed by atoms with Crippen molar-refractivity contribution < 1.29 is 4.79 Å². The van der Waals surface area contributed by atoms with E-state index in [1.807, 2.05) is 0 Å². The van der Waals surface area contributed by atoms with Crippen LogP contribution in [0.3, 0.4) is 0 Å². The Morgan fingerprint density at radius 2 is 1.82 bits per heavy atom. The fourth-order valence-electron chi connectivity index (χ4n) is 3.51. The van der Waals surface area contributed by atoms with Gasteiger partial charge in [-0.1, -0.05) is 45.8 Å². The highest BCUT2D eigenvalue weighted by Gasteiger charge is 2.60. The first-order chi connectivity index (χ1) is 7.85. The third-order valence-electron chi connectivity index (χ3n) is 4.94. The van der Waals surface area contributed by atoms with Crippen LogP contribution in [0.5, 0.6) is 0 Å². The van der Waals surface area contributed by atoms with Gasteiger partial charge in [-0.2, -0.15) is 0 Å². The van der Waals surface area contributed by atoms with Crippen molar-refractivity contribution in [1.29, 1.82) is 0 Å². The Kier molecular flexibility index (Phi) is 3.42. The first kappa shape index (κ1) is 13.1. The molecule has 2 fully saturated rings. The molecule has 0 heterocycles. The van der Waals surface area contributed by atoms with E-state index < -0.39 is 0 Å². The molecule has 0 saturated heterocycles. The van der Waals surface area contributed by atoms with Gasteiger partial charge in [-0.15, -0.1) is 0 Å². The molecule has 2 aliphatic rings. The van der Waals surface area contributed by atoms with Gasteiger partial charge in [0.1, 0.15) is 0 Å². The molecule has 4 unspecified atom stereocenters. The van der Waals surface area contributed by atoms with Crippen molar-refractivity contribution in [3.63, 3.8) is 0 Å². The predicted molar refractivity (Wildman–Crippen MR) is 71.9 cm³/mol. The third kappa shape index (κ3) is 2.31. The molecule has 0 N–H and O–H groups in total. The number of allylic oxidation sites excluding steroid dienone is 2. The smallest absolute Gasteiger partial charge is 0.225 e. The lowest BCUT2D eigenvalue weighted by Crippen LogP contribution is -2.15. The summed E-state index contributed by atoms with van der Waals surface area (Å²) in [7, 11) is 0. The quantitative estimate of drug-likeness (QED) is 0.527. The van der Waals surface area contributed by atoms with Crippen LogP contribution in [-0.4, -0.2) is 5.24 Å². The van der Waals surface area contributed by atoms with Gasteiger partial charge in [-0.3, -0.25) is 4.79 Å². The molecule has 2 aliphatic carbocycles. The molecule has 0 spiro atoms. The van der Waals surface area contributed by atoms with Crippen LogP contribution in [0.25, 0.3) is 0 Å². The fraction of sp³-hybridized carbons (Fsp3) is 0.800. The van der Waals surface area contributed by atoms with E-state index in [1.165, 1.54) is 19.3 Å². The van der Waals surface area contributed by atoms with Gasteiger partial charge in [0, 0.05) is 5.92 Å². The summed E-state index contributed by atoms with van der Waals surface area (Å²) in [5.74, 6) is 1.77. The van der Waals surface area contributed by atoms with Crippen LogP contribution in [-0.2, 0) is 4.79 Å². The van der Waals surface area contributed by atoms with Gasteiger partial charge >= 0.3 is 0 Å². The molecule has 0 aromatic heterocycles. The van der Waals surface area contributed by atoms with Crippen molar-refractivity contribution >= 4 is 16.8 Å². The van der Waals surface area contributed by atoms with E-state index in [9.17, 15) is 4.79 Å². The summed E-state index contributed by atoms with van der Waals surface area (Å²) in [5.41, 5.74) is 1.64. The highest BCUT2D eigenvalue weighted by molar-refractivity contribution is 6.64. The normalized spacial score (nSPS) is 39.9. The first-order valence-electron chi connectivity index (χ1n) is 6.76. The minimum absolute atomic E-state index is 0.0398. The number of hydrogen-bond donors (Lipinski definition) is 0. The monoisotopic (exact) mass is 254 g/mol. The molecule has 0 radical (unpaired) electrons. The molecule has 0 amide bonds. The molecule has 17 heavy (non-hydrogen) atoms. The van der Waals surface area contributed by atoms with Crippen molar-refractivity contribution in [2.75, 3.05) is 0 Å². The van der Waals surface area contributed by atoms with Gasteiger partial charge in [0.25, 0.3) is 0 Å². The van der Waals surface area contributed by atoms with E-state index in [-0.39, 0.29) is 16.6 Å². The molecule has 2 saturated carbocycles. The van der Waals surface area contributed by atoms with Gasteiger partial charge in [0.05, 0.1) is 0 Å². The largest absolute Gasteiger partial charge is 0.281 e. The Labute approximate surface area is 110 Å². The molecule has 0 aromatic carbocycles. The number of hydrogen-bond acceptors (Lipinski definition) is 1. The fourth-order valence-corrected chi connectivity index (χ4v) is 3.92. The minimum Gasteiger partial charge on any atom is -0.281 e. The van der Waals surface area contributed by atoms with Gasteiger partial charge < -0.3 is 0 Å². The van der Waals surface area contributed by atoms with E-state index in [0.717, 1.165) is 0 Å². The topological polar surface area (TPSA) is 17.1 Å². The molecular formula is C15H23ClO. The van der Waals surface area contributed by atoms with E-state index >= 15 is 0 Å². The average Bonchev–Trinajstić information content (AvgIpc) is 2.74. The van der Waals surface area contributed by atoms with Crippen LogP contribution < -0.4 is 0 Å². The lowest BCUT2D eigenvalue weighted by atomic mass is 9.78. The molecule has 0 bridgehead atoms. The SMILES string of the molecule is CC1CCCC(C)C1=CC1C(C(=O)Cl)C1(C)C. The average molecular weight is 255 g/mol. The van der Waals surface area contributed by atoms with Crippen molar-refractivity contribution in [3.8, 4) is 0 Å². The molecule has 0 aromatic rings. The van der Waals surface area contributed by atoms with Crippen LogP contribution in [0.4, 0.5) is 0 Å². The van der Waals surface area contributed by atoms with Gasteiger partial charge in [0.15, 0.2) is 0 Å². The first-order valence-corrected chi connectivity index (χ1v) is 7.14. The maximum atomic E-state index is 11.4. The Morgan fingerprint density at radius 3 is 2.24 bits per heavy atom. The Bertz CT molecular complexity index is 344. The van der Waals surface area contributed by atoms with Gasteiger partial charge in [-0.25, -0.2) is 0 Å². The van der Waals surface area contributed by atoms with Crippen molar-refractivity contribution in [2.45, 2.75) is 47.0 Å². The Balaban J connectivity index is 2.17. The standard InChI is InChI=1S/C15H23ClO/c1-9-6-5-7-10(2)11(9)8-12-13(14(16)17)15(12,3)4/h8-10,12-13H,5-7H2,1-4H3. The van der Waals surface area contributed by atoms with E-state index in [1.54, 1.807) is 5.57 Å². The van der Waals surface area contributed by atoms with Crippen LogP contribution in [0.15, 0.2) is 11.6 Å². The number of rotatable bonds is 2. The van der Waals surface area contributed by atoms with Crippen LogP contribution in [0, 0.1) is 29.1 Å². The summed E-state index contributed by atoms with van der Waals surface area (Å²) in [4.78, 5) is 11.4. The van der Waals surface area contributed by atoms with E-state index in [4.69, 9.17) is 11.6 Å². The lowest BCUT2D eigenvalue weighted by Gasteiger charge is -2.28. The minimum atomic E-state index is -0.159. The van der Waals surface area contributed by atoms with Crippen molar-refractivity contribution in [3.05, 3.63) is 11.6 Å². The maximum absolute atomic E-state index is 11.4. The van der Waals surface area contributed by atoms with Crippen molar-refractivity contribution in [1.82, 2.24) is 0 Å². The second-order valence-electron chi connectivity index (χ2n) is 6.53. The molecule has 2 heteroatoms. The maximum Gasteiger partial charge on any atom is 0.225 e. The molecule has 1 nitrogen and oxygen atoms in total. The molecule has 2 rings (SSSR count). The Hall–Kier alpha value is -0.300. The predicted octanol–water partition coefficient (Wildman–Crippen LogP) is 4.41. The summed E-state index contributed by atoms with van der Waals surface area (Å²) < 4.78 is 0. The molecular weight excluding hydrogens is 232 g/mol. The zero-order chi connectivity index (χ0) is 12.8. The molecule has 96 valence electrons. The second kappa shape index (κ2) is 4.42. The van der Waals surface area contributed by atoms with Crippen LogP contribution in [0.2, 0.25) is 0 Å². The summed E-state index contributed by atoms with van der Waals surface area (Å²) in [5, 5.41) is -0.159. The zero-order valence-electron chi connectivity index (χ0n) is 11.3. The zero-order valence-corrected chi connectivity index (χ0v) is 12.1. The molecule has 0 aliphatic heterocycles. The van der Waals surface area contributed by atoms with Crippen LogP contribution in [0.1, 0.15) is 47.0 Å². The second-order valence-corrected chi connectivity index (χ2v) is 6.90. The highest BCUT2D eigenvalue weighted by atomic mass is 35.5. The Morgan fingerprint density at radius 1 is 1.29 bits per heavy atom. The lowest BCUT2D eigenvalue weighted by molar-refractivity contribution is -0.113. The highest BCUT2D eigenvalue weighted by Crippen LogP contribution is 2.61. The summed E-state index contributed by atoms with van der Waals surface area (Å²) in [6.45, 7) is 8.93. The van der Waals surface area contributed by atoms with Gasteiger partial charge in [-0.05, 0) is 47.6 Å². The molecule has 4 atom stereocenters. The number of carbonyl (C=O) groups excluding carboxylic acids is 1. The number of carbonyl (C=O) groups is 1. The summed E-state index contributed by atoms with van der Waals surface area (Å²) >= 11 is 5.68. The third-order valence-corrected chi connectivity index (χ3v) is 5.17.